The van der Waals surface area contributed by atoms with Gasteiger partial charge in [0.05, 0.1) is 15.9 Å². The van der Waals surface area contributed by atoms with Gasteiger partial charge in [-0.25, -0.2) is 0 Å². The van der Waals surface area contributed by atoms with Crippen LogP contribution in [0.1, 0.15) is 36.7 Å². The molecule has 0 amide bonds. The standard InChI is InChI=1S/C19H19N3O5/c1-19(2,3)14-6-4-13(5-7-14)18(23)10-11-20-16-9-8-15(21(24)25)12-17(16)22(26)27/h4-12,20H,1-3H3/b11-10-. The molecule has 0 aliphatic rings. The van der Waals surface area contributed by atoms with Gasteiger partial charge in [-0.2, -0.15) is 0 Å². The van der Waals surface area contributed by atoms with Gasteiger partial charge in [0.2, 0.25) is 0 Å². The molecule has 0 atom stereocenters. The number of carbonyl (C=O) groups is 1. The van der Waals surface area contributed by atoms with Crippen molar-refractivity contribution in [3.05, 3.63) is 86.1 Å². The Morgan fingerprint density at radius 2 is 1.63 bits per heavy atom. The van der Waals surface area contributed by atoms with Crippen LogP contribution in [0.5, 0.6) is 0 Å². The van der Waals surface area contributed by atoms with E-state index in [0.29, 0.717) is 5.56 Å². The van der Waals surface area contributed by atoms with Crippen LogP contribution >= 0.6 is 0 Å². The summed E-state index contributed by atoms with van der Waals surface area (Å²) in [5.74, 6) is -0.271. The summed E-state index contributed by atoms with van der Waals surface area (Å²) in [5.41, 5.74) is 0.787. The molecule has 0 bridgehead atoms. The van der Waals surface area contributed by atoms with Crippen LogP contribution in [0, 0.1) is 20.2 Å². The zero-order valence-corrected chi connectivity index (χ0v) is 15.1. The molecular weight excluding hydrogens is 350 g/mol. The lowest BCUT2D eigenvalue weighted by Crippen LogP contribution is -2.11. The molecule has 8 nitrogen and oxygen atoms in total. The van der Waals surface area contributed by atoms with Crippen LogP contribution in [-0.4, -0.2) is 15.6 Å². The van der Waals surface area contributed by atoms with Gasteiger partial charge in [0.25, 0.3) is 11.4 Å². The first kappa shape index (κ1) is 19.8. The molecule has 0 aliphatic heterocycles. The summed E-state index contributed by atoms with van der Waals surface area (Å²) in [5, 5.41) is 24.4. The number of non-ortho nitro benzene ring substituents is 1. The molecule has 0 aliphatic carbocycles. The Morgan fingerprint density at radius 1 is 1.00 bits per heavy atom. The number of nitrogens with one attached hydrogen (secondary N) is 1. The molecular formula is C19H19N3O5. The van der Waals surface area contributed by atoms with E-state index in [1.165, 1.54) is 18.3 Å². The van der Waals surface area contributed by atoms with Gasteiger partial charge in [-0.15, -0.1) is 0 Å². The minimum Gasteiger partial charge on any atom is -0.356 e. The number of rotatable bonds is 6. The molecule has 0 saturated carbocycles. The number of hydrogen-bond donors (Lipinski definition) is 1. The van der Waals surface area contributed by atoms with E-state index in [4.69, 9.17) is 0 Å². The third-order valence-corrected chi connectivity index (χ3v) is 3.90. The molecule has 2 aromatic carbocycles. The smallest absolute Gasteiger partial charge is 0.299 e. The van der Waals surface area contributed by atoms with Crippen LogP contribution in [0.2, 0.25) is 0 Å². The van der Waals surface area contributed by atoms with Gasteiger partial charge in [0.15, 0.2) is 5.78 Å². The van der Waals surface area contributed by atoms with Crippen LogP contribution < -0.4 is 5.32 Å². The molecule has 0 aromatic heterocycles. The Labute approximate surface area is 155 Å². The minimum absolute atomic E-state index is 0.0200. The zero-order valence-electron chi connectivity index (χ0n) is 15.1. The number of hydrogen-bond acceptors (Lipinski definition) is 6. The molecule has 140 valence electrons. The van der Waals surface area contributed by atoms with Gasteiger partial charge in [-0.3, -0.25) is 25.0 Å². The first-order valence-corrected chi connectivity index (χ1v) is 8.10. The van der Waals surface area contributed by atoms with E-state index in [1.807, 2.05) is 12.1 Å². The summed E-state index contributed by atoms with van der Waals surface area (Å²) in [6, 6.07) is 10.5. The molecule has 0 heterocycles. The van der Waals surface area contributed by atoms with Crippen molar-refractivity contribution in [2.75, 3.05) is 5.32 Å². The van der Waals surface area contributed by atoms with Gasteiger partial charge in [-0.05, 0) is 17.0 Å². The average molecular weight is 369 g/mol. The van der Waals surface area contributed by atoms with Crippen molar-refractivity contribution in [1.82, 2.24) is 0 Å². The Balaban J connectivity index is 2.14. The Hall–Kier alpha value is -3.55. The van der Waals surface area contributed by atoms with Gasteiger partial charge in [0, 0.05) is 23.9 Å². The summed E-state index contributed by atoms with van der Waals surface area (Å²) >= 11 is 0. The Kier molecular flexibility index (Phi) is 5.69. The lowest BCUT2D eigenvalue weighted by atomic mass is 9.86. The molecule has 0 saturated heterocycles. The fraction of sp³-hybridized carbons (Fsp3) is 0.211. The molecule has 0 unspecified atom stereocenters. The van der Waals surface area contributed by atoms with E-state index < -0.39 is 15.5 Å². The molecule has 0 spiro atoms. The maximum Gasteiger partial charge on any atom is 0.299 e. The summed E-state index contributed by atoms with van der Waals surface area (Å²) < 4.78 is 0. The van der Waals surface area contributed by atoms with Crippen molar-refractivity contribution in [1.29, 1.82) is 0 Å². The largest absolute Gasteiger partial charge is 0.356 e. The molecule has 1 N–H and O–H groups in total. The van der Waals surface area contributed by atoms with Crippen LogP contribution in [0.3, 0.4) is 0 Å². The number of nitrogens with zero attached hydrogens (tertiary/aromatic N) is 2. The van der Waals surface area contributed by atoms with Crippen LogP contribution in [0.4, 0.5) is 17.1 Å². The summed E-state index contributed by atoms with van der Waals surface area (Å²) in [7, 11) is 0. The summed E-state index contributed by atoms with van der Waals surface area (Å²) in [4.78, 5) is 32.6. The van der Waals surface area contributed by atoms with Gasteiger partial charge in [0.1, 0.15) is 5.69 Å². The number of nitro benzene ring substituents is 2. The number of allylic oxidation sites excluding steroid dienone is 1. The van der Waals surface area contributed by atoms with Crippen LogP contribution in [-0.2, 0) is 5.41 Å². The summed E-state index contributed by atoms with van der Waals surface area (Å²) in [6.45, 7) is 6.22. The maximum absolute atomic E-state index is 12.2. The fourth-order valence-corrected chi connectivity index (χ4v) is 2.34. The number of ketones is 1. The lowest BCUT2D eigenvalue weighted by molar-refractivity contribution is -0.393. The number of carbonyl (C=O) groups excluding carboxylic acids is 1. The molecule has 0 radical (unpaired) electrons. The van der Waals surface area contributed by atoms with Crippen molar-refractivity contribution in [3.8, 4) is 0 Å². The van der Waals surface area contributed by atoms with Crippen LogP contribution in [0.25, 0.3) is 0 Å². The Morgan fingerprint density at radius 3 is 2.15 bits per heavy atom. The zero-order chi connectivity index (χ0) is 20.2. The second-order valence-corrected chi connectivity index (χ2v) is 6.88. The molecule has 2 rings (SSSR count). The number of anilines is 1. The second kappa shape index (κ2) is 7.77. The highest BCUT2D eigenvalue weighted by Gasteiger charge is 2.19. The summed E-state index contributed by atoms with van der Waals surface area (Å²) in [6.07, 6.45) is 2.52. The highest BCUT2D eigenvalue weighted by molar-refractivity contribution is 6.04. The predicted molar refractivity (Wildman–Crippen MR) is 102 cm³/mol. The molecule has 2 aromatic rings. The normalized spacial score (nSPS) is 11.4. The minimum atomic E-state index is -0.726. The van der Waals surface area contributed by atoms with E-state index in [-0.39, 0.29) is 22.6 Å². The number of nitro groups is 2. The topological polar surface area (TPSA) is 115 Å². The van der Waals surface area contributed by atoms with Gasteiger partial charge >= 0.3 is 0 Å². The Bertz CT molecular complexity index is 912. The van der Waals surface area contributed by atoms with Crippen molar-refractivity contribution in [2.24, 2.45) is 0 Å². The van der Waals surface area contributed by atoms with E-state index in [0.717, 1.165) is 17.7 Å². The lowest BCUT2D eigenvalue weighted by Gasteiger charge is -2.18. The van der Waals surface area contributed by atoms with E-state index >= 15 is 0 Å². The third kappa shape index (κ3) is 4.97. The molecule has 27 heavy (non-hydrogen) atoms. The van der Waals surface area contributed by atoms with Crippen molar-refractivity contribution < 1.29 is 14.6 Å². The van der Waals surface area contributed by atoms with Crippen molar-refractivity contribution in [3.63, 3.8) is 0 Å². The number of benzene rings is 2. The van der Waals surface area contributed by atoms with E-state index in [2.05, 4.69) is 26.1 Å². The van der Waals surface area contributed by atoms with E-state index in [1.54, 1.807) is 12.1 Å². The monoisotopic (exact) mass is 369 g/mol. The predicted octanol–water partition coefficient (Wildman–Crippen LogP) is 4.61. The van der Waals surface area contributed by atoms with Gasteiger partial charge in [-0.1, -0.05) is 45.0 Å². The van der Waals surface area contributed by atoms with Crippen molar-refractivity contribution >= 4 is 22.8 Å². The third-order valence-electron chi connectivity index (χ3n) is 3.90. The first-order chi connectivity index (χ1) is 12.6. The molecule has 8 heteroatoms. The highest BCUT2D eigenvalue weighted by atomic mass is 16.6. The SMILES string of the molecule is CC(C)(C)c1ccc(C(=O)/C=C\Nc2ccc([N+](=O)[O-])cc2[N+](=O)[O-])cc1. The second-order valence-electron chi connectivity index (χ2n) is 6.88. The fourth-order valence-electron chi connectivity index (χ4n) is 2.34. The average Bonchev–Trinajstić information content (AvgIpc) is 2.60. The van der Waals surface area contributed by atoms with Gasteiger partial charge < -0.3 is 5.32 Å². The first-order valence-electron chi connectivity index (χ1n) is 8.10. The maximum atomic E-state index is 12.2. The molecule has 0 fully saturated rings. The van der Waals surface area contributed by atoms with Crippen molar-refractivity contribution in [2.45, 2.75) is 26.2 Å². The quantitative estimate of drug-likeness (QED) is 0.344. The van der Waals surface area contributed by atoms with E-state index in [9.17, 15) is 25.0 Å². The highest BCUT2D eigenvalue weighted by Crippen LogP contribution is 2.29. The van der Waals surface area contributed by atoms with Crippen LogP contribution in [0.15, 0.2) is 54.7 Å².